The first kappa shape index (κ1) is 17.8. The van der Waals surface area contributed by atoms with Crippen molar-refractivity contribution in [2.45, 2.75) is 24.2 Å². The molecule has 0 N–H and O–H groups in total. The number of hydrogen-bond donors (Lipinski definition) is 0. The van der Waals surface area contributed by atoms with Gasteiger partial charge in [0.15, 0.2) is 9.84 Å². The Morgan fingerprint density at radius 3 is 2.37 bits per heavy atom. The molecule has 1 aliphatic heterocycles. The van der Waals surface area contributed by atoms with Crippen molar-refractivity contribution in [3.63, 3.8) is 0 Å². The number of nitro benzene ring substituents is 1. The third-order valence-electron chi connectivity index (χ3n) is 5.86. The van der Waals surface area contributed by atoms with E-state index in [9.17, 15) is 32.9 Å². The van der Waals surface area contributed by atoms with Crippen LogP contribution in [0.1, 0.15) is 19.3 Å². The van der Waals surface area contributed by atoms with Crippen LogP contribution in [0.3, 0.4) is 0 Å². The highest BCUT2D eigenvalue weighted by Gasteiger charge is 2.61. The highest BCUT2D eigenvalue weighted by Crippen LogP contribution is 2.52. The molecule has 1 aromatic rings. The summed E-state index contributed by atoms with van der Waals surface area (Å²) >= 11 is 0. The molecule has 1 saturated heterocycles. The molecule has 2 bridgehead atoms. The van der Waals surface area contributed by atoms with E-state index in [2.05, 4.69) is 0 Å². The summed E-state index contributed by atoms with van der Waals surface area (Å²) in [6.45, 7) is 0. The first-order valence-corrected chi connectivity index (χ1v) is 10.4. The molecule has 10 heteroatoms. The van der Waals surface area contributed by atoms with Gasteiger partial charge in [-0.2, -0.15) is 0 Å². The standard InChI is InChI=1S/C17H16N2O7S/c1-27(25,26)13-7-9(19(23)24)3-5-11(13)18-16(21)14-8-2-4-10(12(20)6-8)15(14)17(18)22/h3,5,7-8,10,14-15H,2,4,6H2,1H3/t8-,10+,14+,15-/m1/s1. The van der Waals surface area contributed by atoms with Crippen LogP contribution in [0.5, 0.6) is 0 Å². The minimum absolute atomic E-state index is 0.0254. The Balaban J connectivity index is 1.85. The van der Waals surface area contributed by atoms with Crippen LogP contribution in [-0.2, 0) is 24.2 Å². The average Bonchev–Trinajstić information content (AvgIpc) is 2.87. The summed E-state index contributed by atoms with van der Waals surface area (Å²) in [7, 11) is -3.95. The monoisotopic (exact) mass is 392 g/mol. The Hall–Kier alpha value is -2.62. The lowest BCUT2D eigenvalue weighted by molar-refractivity contribution is -0.385. The van der Waals surface area contributed by atoms with Crippen molar-refractivity contribution in [3.8, 4) is 0 Å². The van der Waals surface area contributed by atoms with Gasteiger partial charge in [0.1, 0.15) is 5.78 Å². The molecule has 5 rings (SSSR count). The summed E-state index contributed by atoms with van der Waals surface area (Å²) in [5.74, 6) is -3.26. The van der Waals surface area contributed by atoms with E-state index in [4.69, 9.17) is 0 Å². The topological polar surface area (TPSA) is 132 Å². The molecule has 3 saturated carbocycles. The van der Waals surface area contributed by atoms with Gasteiger partial charge < -0.3 is 0 Å². The van der Waals surface area contributed by atoms with Crippen molar-refractivity contribution in [1.82, 2.24) is 0 Å². The molecule has 3 aliphatic carbocycles. The SMILES string of the molecule is CS(=O)(=O)c1cc([N+](=O)[O-])ccc1N1C(=O)[C@H]2[C@@H]3CC[C@@H](C(=O)C3)[C@H]2C1=O. The van der Waals surface area contributed by atoms with E-state index in [-0.39, 0.29) is 23.8 Å². The number of hydrogen-bond acceptors (Lipinski definition) is 7. The lowest BCUT2D eigenvalue weighted by atomic mass is 9.59. The number of nitrogens with zero attached hydrogens (tertiary/aromatic N) is 2. The number of imide groups is 1. The van der Waals surface area contributed by atoms with Crippen LogP contribution in [0.2, 0.25) is 0 Å². The summed E-state index contributed by atoms with van der Waals surface area (Å²) in [6, 6.07) is 3.03. The number of ketones is 1. The number of amides is 2. The number of sulfone groups is 1. The van der Waals surface area contributed by atoms with E-state index in [1.165, 1.54) is 0 Å². The Labute approximate surface area is 154 Å². The van der Waals surface area contributed by atoms with Gasteiger partial charge in [-0.3, -0.25) is 24.5 Å². The van der Waals surface area contributed by atoms with Crippen LogP contribution in [0.25, 0.3) is 0 Å². The Bertz CT molecular complexity index is 1020. The molecule has 0 spiro atoms. The number of nitro groups is 1. The lowest BCUT2D eigenvalue weighted by Crippen LogP contribution is -2.46. The van der Waals surface area contributed by atoms with Gasteiger partial charge in [-0.15, -0.1) is 0 Å². The molecule has 4 fully saturated rings. The second kappa shape index (κ2) is 5.69. The molecule has 0 radical (unpaired) electrons. The summed E-state index contributed by atoms with van der Waals surface area (Å²) < 4.78 is 24.4. The number of rotatable bonds is 3. The first-order valence-electron chi connectivity index (χ1n) is 8.50. The summed E-state index contributed by atoms with van der Waals surface area (Å²) in [5.41, 5.74) is -0.634. The maximum absolute atomic E-state index is 13.0. The van der Waals surface area contributed by atoms with Crippen molar-refractivity contribution >= 4 is 38.8 Å². The quantitative estimate of drug-likeness (QED) is 0.427. The largest absolute Gasteiger partial charge is 0.299 e. The number of carbonyl (C=O) groups is 3. The molecule has 142 valence electrons. The number of fused-ring (bicyclic) bond motifs is 2. The Morgan fingerprint density at radius 2 is 1.78 bits per heavy atom. The second-order valence-electron chi connectivity index (χ2n) is 7.36. The van der Waals surface area contributed by atoms with E-state index in [0.29, 0.717) is 12.8 Å². The van der Waals surface area contributed by atoms with Gasteiger partial charge in [0, 0.05) is 30.7 Å². The molecule has 27 heavy (non-hydrogen) atoms. The molecule has 1 heterocycles. The summed E-state index contributed by atoms with van der Waals surface area (Å²) in [4.78, 5) is 48.8. The Kier molecular flexibility index (Phi) is 3.74. The van der Waals surface area contributed by atoms with Gasteiger partial charge in [0.25, 0.3) is 5.69 Å². The number of Topliss-reactive ketones (excluding diaryl/α,β-unsaturated/α-hetero) is 1. The highest BCUT2D eigenvalue weighted by atomic mass is 32.2. The number of anilines is 1. The maximum atomic E-state index is 13.0. The molecule has 2 amide bonds. The van der Waals surface area contributed by atoms with Crippen LogP contribution in [0.15, 0.2) is 23.1 Å². The average molecular weight is 392 g/mol. The van der Waals surface area contributed by atoms with E-state index in [1.807, 2.05) is 0 Å². The molecule has 9 nitrogen and oxygen atoms in total. The molecule has 4 atom stereocenters. The van der Waals surface area contributed by atoms with Gasteiger partial charge >= 0.3 is 0 Å². The van der Waals surface area contributed by atoms with Crippen molar-refractivity contribution in [2.75, 3.05) is 11.2 Å². The van der Waals surface area contributed by atoms with Crippen LogP contribution in [-0.4, -0.2) is 37.2 Å². The minimum Gasteiger partial charge on any atom is -0.299 e. The van der Waals surface area contributed by atoms with Crippen LogP contribution in [0, 0.1) is 33.8 Å². The first-order chi connectivity index (χ1) is 12.6. The zero-order valence-electron chi connectivity index (χ0n) is 14.3. The molecule has 0 unspecified atom stereocenters. The normalized spacial score (nSPS) is 30.0. The fraction of sp³-hybridized carbons (Fsp3) is 0.471. The number of carbonyl (C=O) groups excluding carboxylic acids is 3. The minimum atomic E-state index is -3.95. The summed E-state index contributed by atoms with van der Waals surface area (Å²) in [5, 5.41) is 11.0. The Morgan fingerprint density at radius 1 is 1.11 bits per heavy atom. The molecule has 0 aromatic heterocycles. The van der Waals surface area contributed by atoms with Crippen LogP contribution < -0.4 is 4.90 Å². The van der Waals surface area contributed by atoms with E-state index >= 15 is 0 Å². The van der Waals surface area contributed by atoms with E-state index in [0.717, 1.165) is 29.4 Å². The number of non-ortho nitro benzene ring substituents is 1. The zero-order chi connectivity index (χ0) is 19.7. The van der Waals surface area contributed by atoms with Gasteiger partial charge in [-0.05, 0) is 24.8 Å². The second-order valence-corrected chi connectivity index (χ2v) is 9.34. The van der Waals surface area contributed by atoms with Crippen molar-refractivity contribution in [3.05, 3.63) is 28.3 Å². The lowest BCUT2D eigenvalue weighted by Gasteiger charge is -2.41. The van der Waals surface area contributed by atoms with Crippen molar-refractivity contribution in [2.24, 2.45) is 23.7 Å². The van der Waals surface area contributed by atoms with Crippen LogP contribution in [0.4, 0.5) is 11.4 Å². The van der Waals surface area contributed by atoms with Gasteiger partial charge in [-0.25, -0.2) is 13.3 Å². The fourth-order valence-corrected chi connectivity index (χ4v) is 5.59. The molecular weight excluding hydrogens is 376 g/mol. The summed E-state index contributed by atoms with van der Waals surface area (Å²) in [6.07, 6.45) is 2.36. The van der Waals surface area contributed by atoms with E-state index < -0.39 is 54.9 Å². The van der Waals surface area contributed by atoms with Crippen molar-refractivity contribution in [1.29, 1.82) is 0 Å². The zero-order valence-corrected chi connectivity index (χ0v) is 15.1. The third-order valence-corrected chi connectivity index (χ3v) is 6.99. The maximum Gasteiger partial charge on any atom is 0.270 e. The fourth-order valence-electron chi connectivity index (χ4n) is 4.72. The smallest absolute Gasteiger partial charge is 0.270 e. The molecule has 1 aromatic carbocycles. The van der Waals surface area contributed by atoms with Gasteiger partial charge in [-0.1, -0.05) is 0 Å². The molecular formula is C17H16N2O7S. The van der Waals surface area contributed by atoms with Crippen LogP contribution >= 0.6 is 0 Å². The van der Waals surface area contributed by atoms with Gasteiger partial charge in [0.2, 0.25) is 11.8 Å². The third kappa shape index (κ3) is 2.50. The number of benzene rings is 1. The predicted molar refractivity (Wildman–Crippen MR) is 91.5 cm³/mol. The van der Waals surface area contributed by atoms with E-state index in [1.54, 1.807) is 0 Å². The van der Waals surface area contributed by atoms with Crippen molar-refractivity contribution < 1.29 is 27.7 Å². The predicted octanol–water partition coefficient (Wildman–Crippen LogP) is 1.10. The van der Waals surface area contributed by atoms with Gasteiger partial charge in [0.05, 0.1) is 27.3 Å². The molecule has 4 aliphatic rings. The highest BCUT2D eigenvalue weighted by molar-refractivity contribution is 7.90.